The number of rotatable bonds is 2. The Morgan fingerprint density at radius 1 is 1.06 bits per heavy atom. The minimum atomic E-state index is 0.0142. The van der Waals surface area contributed by atoms with Gasteiger partial charge in [0.15, 0.2) is 0 Å². The first-order chi connectivity index (χ1) is 8.27. The number of aliphatic hydroxyl groups excluding tert-OH is 1. The lowest BCUT2D eigenvalue weighted by molar-refractivity contribution is 0.121. The molecule has 0 unspecified atom stereocenters. The maximum atomic E-state index is 9.71. The molecule has 0 saturated heterocycles. The summed E-state index contributed by atoms with van der Waals surface area (Å²) in [5, 5.41) is 12.2. The fourth-order valence-electron chi connectivity index (χ4n) is 2.85. The summed E-state index contributed by atoms with van der Waals surface area (Å²) < 4.78 is 1.13. The third-order valence-electron chi connectivity index (χ3n) is 4.05. The van der Waals surface area contributed by atoms with Gasteiger partial charge in [-0.25, -0.2) is 0 Å². The summed E-state index contributed by atoms with van der Waals surface area (Å²) in [5.74, 6) is 0. The zero-order chi connectivity index (χ0) is 11.9. The fraction of sp³-hybridized carbons (Fsp3) is 0.333. The van der Waals surface area contributed by atoms with Crippen LogP contribution in [-0.4, -0.2) is 11.7 Å². The second kappa shape index (κ2) is 4.11. The van der Waals surface area contributed by atoms with Crippen LogP contribution in [0.5, 0.6) is 0 Å². The van der Waals surface area contributed by atoms with Crippen molar-refractivity contribution in [2.24, 2.45) is 0 Å². The number of aliphatic hydroxyl groups is 1. The van der Waals surface area contributed by atoms with Crippen molar-refractivity contribution < 1.29 is 5.11 Å². The molecule has 2 heteroatoms. The van der Waals surface area contributed by atoms with E-state index in [1.54, 1.807) is 0 Å². The molecule has 0 atom stereocenters. The highest BCUT2D eigenvalue weighted by atomic mass is 79.9. The molecule has 0 bridgehead atoms. The standard InChI is InChI=1S/C15H15BrO/c16-14-7-2-4-11-12(14)5-1-6-13(11)15(10-17)8-3-9-15/h1-2,4-7,17H,3,8-10H2. The van der Waals surface area contributed by atoms with Crippen LogP contribution in [0.3, 0.4) is 0 Å². The van der Waals surface area contributed by atoms with E-state index < -0.39 is 0 Å². The molecule has 2 aromatic rings. The van der Waals surface area contributed by atoms with Crippen molar-refractivity contribution in [3.63, 3.8) is 0 Å². The van der Waals surface area contributed by atoms with E-state index in [4.69, 9.17) is 0 Å². The molecule has 0 amide bonds. The molecule has 0 aromatic heterocycles. The van der Waals surface area contributed by atoms with Crippen LogP contribution >= 0.6 is 15.9 Å². The maximum Gasteiger partial charge on any atom is 0.0528 e. The van der Waals surface area contributed by atoms with E-state index in [1.165, 1.54) is 22.8 Å². The first-order valence-electron chi connectivity index (χ1n) is 6.05. The second-order valence-electron chi connectivity index (χ2n) is 4.93. The van der Waals surface area contributed by atoms with Gasteiger partial charge in [0, 0.05) is 9.89 Å². The van der Waals surface area contributed by atoms with E-state index in [2.05, 4.69) is 52.3 Å². The van der Waals surface area contributed by atoms with Gasteiger partial charge in [-0.1, -0.05) is 52.7 Å². The molecule has 1 saturated carbocycles. The third-order valence-corrected chi connectivity index (χ3v) is 4.75. The molecule has 0 radical (unpaired) electrons. The van der Waals surface area contributed by atoms with Crippen LogP contribution in [0.15, 0.2) is 40.9 Å². The maximum absolute atomic E-state index is 9.71. The van der Waals surface area contributed by atoms with E-state index in [0.29, 0.717) is 0 Å². The topological polar surface area (TPSA) is 20.2 Å². The van der Waals surface area contributed by atoms with Crippen LogP contribution in [0, 0.1) is 0 Å². The van der Waals surface area contributed by atoms with Gasteiger partial charge in [0.25, 0.3) is 0 Å². The van der Waals surface area contributed by atoms with Crippen LogP contribution in [-0.2, 0) is 5.41 Å². The van der Waals surface area contributed by atoms with Gasteiger partial charge < -0.3 is 5.11 Å². The quantitative estimate of drug-likeness (QED) is 0.886. The van der Waals surface area contributed by atoms with Gasteiger partial charge in [-0.3, -0.25) is 0 Å². The van der Waals surface area contributed by atoms with E-state index in [0.717, 1.165) is 17.3 Å². The predicted octanol–water partition coefficient (Wildman–Crippen LogP) is 4.02. The molecule has 0 spiro atoms. The van der Waals surface area contributed by atoms with Gasteiger partial charge in [-0.15, -0.1) is 0 Å². The Kier molecular flexibility index (Phi) is 2.72. The van der Waals surface area contributed by atoms with Crippen LogP contribution in [0.2, 0.25) is 0 Å². The number of halogens is 1. The highest BCUT2D eigenvalue weighted by Crippen LogP contribution is 2.46. The van der Waals surface area contributed by atoms with Gasteiger partial charge >= 0.3 is 0 Å². The molecule has 0 heterocycles. The lowest BCUT2D eigenvalue weighted by Crippen LogP contribution is -2.38. The summed E-state index contributed by atoms with van der Waals surface area (Å²) in [5.41, 5.74) is 1.32. The minimum absolute atomic E-state index is 0.0142. The lowest BCUT2D eigenvalue weighted by Gasteiger charge is -2.41. The molecule has 3 rings (SSSR count). The van der Waals surface area contributed by atoms with E-state index in [9.17, 15) is 5.11 Å². The highest BCUT2D eigenvalue weighted by molar-refractivity contribution is 9.10. The Balaban J connectivity index is 2.26. The molecule has 1 fully saturated rings. The number of hydrogen-bond donors (Lipinski definition) is 1. The Morgan fingerprint density at radius 2 is 1.76 bits per heavy atom. The van der Waals surface area contributed by atoms with Crippen molar-refractivity contribution in [1.29, 1.82) is 0 Å². The van der Waals surface area contributed by atoms with Crippen molar-refractivity contribution in [1.82, 2.24) is 0 Å². The normalized spacial score (nSPS) is 18.0. The van der Waals surface area contributed by atoms with E-state index in [-0.39, 0.29) is 12.0 Å². The molecule has 1 nitrogen and oxygen atoms in total. The summed E-state index contributed by atoms with van der Waals surface area (Å²) in [7, 11) is 0. The molecule has 17 heavy (non-hydrogen) atoms. The van der Waals surface area contributed by atoms with Crippen molar-refractivity contribution in [2.75, 3.05) is 6.61 Å². The zero-order valence-corrected chi connectivity index (χ0v) is 11.2. The number of fused-ring (bicyclic) bond motifs is 1. The average Bonchev–Trinajstić information content (AvgIpc) is 2.30. The largest absolute Gasteiger partial charge is 0.395 e. The fourth-order valence-corrected chi connectivity index (χ4v) is 3.35. The van der Waals surface area contributed by atoms with Crippen molar-refractivity contribution in [3.05, 3.63) is 46.4 Å². The Labute approximate surface area is 110 Å². The van der Waals surface area contributed by atoms with Gasteiger partial charge in [0.2, 0.25) is 0 Å². The second-order valence-corrected chi connectivity index (χ2v) is 5.79. The van der Waals surface area contributed by atoms with Crippen LogP contribution < -0.4 is 0 Å². The zero-order valence-electron chi connectivity index (χ0n) is 9.62. The molecular weight excluding hydrogens is 276 g/mol. The molecule has 1 aliphatic rings. The van der Waals surface area contributed by atoms with E-state index in [1.807, 2.05) is 0 Å². The SMILES string of the molecule is OCC1(c2cccc3c(Br)cccc23)CCC1. The molecule has 0 aliphatic heterocycles. The highest BCUT2D eigenvalue weighted by Gasteiger charge is 2.38. The average molecular weight is 291 g/mol. The van der Waals surface area contributed by atoms with Gasteiger partial charge in [-0.2, -0.15) is 0 Å². The first-order valence-corrected chi connectivity index (χ1v) is 6.85. The molecule has 2 aromatic carbocycles. The number of benzene rings is 2. The first kappa shape index (κ1) is 11.2. The van der Waals surface area contributed by atoms with Crippen LogP contribution in [0.4, 0.5) is 0 Å². The summed E-state index contributed by atoms with van der Waals surface area (Å²) in [6, 6.07) is 12.7. The molecular formula is C15H15BrO. The summed E-state index contributed by atoms with van der Waals surface area (Å²) in [4.78, 5) is 0. The third kappa shape index (κ3) is 1.62. The predicted molar refractivity (Wildman–Crippen MR) is 74.3 cm³/mol. The van der Waals surface area contributed by atoms with Crippen molar-refractivity contribution >= 4 is 26.7 Å². The lowest BCUT2D eigenvalue weighted by atomic mass is 9.64. The van der Waals surface area contributed by atoms with Crippen molar-refractivity contribution in [3.8, 4) is 0 Å². The van der Waals surface area contributed by atoms with E-state index >= 15 is 0 Å². The van der Waals surface area contributed by atoms with Gasteiger partial charge in [0.1, 0.15) is 0 Å². The van der Waals surface area contributed by atoms with Crippen molar-refractivity contribution in [2.45, 2.75) is 24.7 Å². The summed E-state index contributed by atoms with van der Waals surface area (Å²) in [6.45, 7) is 0.263. The monoisotopic (exact) mass is 290 g/mol. The smallest absolute Gasteiger partial charge is 0.0528 e. The van der Waals surface area contributed by atoms with Gasteiger partial charge in [0.05, 0.1) is 6.61 Å². The molecule has 1 N–H and O–H groups in total. The molecule has 1 aliphatic carbocycles. The Bertz CT molecular complexity index is 552. The summed E-state index contributed by atoms with van der Waals surface area (Å²) in [6.07, 6.45) is 3.44. The van der Waals surface area contributed by atoms with Gasteiger partial charge in [-0.05, 0) is 35.2 Å². The Hall–Kier alpha value is -0.860. The number of hydrogen-bond acceptors (Lipinski definition) is 1. The molecule has 88 valence electrons. The van der Waals surface area contributed by atoms with Crippen LogP contribution in [0.25, 0.3) is 10.8 Å². The Morgan fingerprint density at radius 3 is 2.41 bits per heavy atom. The summed E-state index contributed by atoms with van der Waals surface area (Å²) >= 11 is 3.60. The van der Waals surface area contributed by atoms with Crippen LogP contribution in [0.1, 0.15) is 24.8 Å². The minimum Gasteiger partial charge on any atom is -0.395 e.